The lowest BCUT2D eigenvalue weighted by Crippen LogP contribution is -2.35. The largest absolute Gasteiger partial charge is 0.506 e. The molecule has 1 N–H and O–H groups in total. The molecule has 1 aliphatic carbocycles. The first-order valence-electron chi connectivity index (χ1n) is 8.95. The van der Waals surface area contributed by atoms with Crippen LogP contribution < -0.4 is 0 Å². The second-order valence-corrected chi connectivity index (χ2v) is 6.81. The third-order valence-corrected chi connectivity index (χ3v) is 5.08. The van der Waals surface area contributed by atoms with Gasteiger partial charge < -0.3 is 14.7 Å². The van der Waals surface area contributed by atoms with Crippen LogP contribution in [0.25, 0.3) is 11.3 Å². The summed E-state index contributed by atoms with van der Waals surface area (Å²) in [7, 11) is 3.45. The molecule has 0 bridgehead atoms. The first kappa shape index (κ1) is 18.7. The first-order chi connectivity index (χ1) is 12.9. The number of aromatic hydroxyl groups is 1. The van der Waals surface area contributed by atoms with E-state index >= 15 is 0 Å². The summed E-state index contributed by atoms with van der Waals surface area (Å²) in [6, 6.07) is 5.43. The molecule has 0 spiro atoms. The van der Waals surface area contributed by atoms with Gasteiger partial charge in [-0.25, -0.2) is 9.78 Å². The third-order valence-electron chi connectivity index (χ3n) is 5.08. The van der Waals surface area contributed by atoms with Crippen molar-refractivity contribution in [3.05, 3.63) is 29.2 Å². The van der Waals surface area contributed by atoms with Gasteiger partial charge in [0.15, 0.2) is 5.69 Å². The fourth-order valence-corrected chi connectivity index (χ4v) is 3.44. The molecule has 2 aromatic rings. The van der Waals surface area contributed by atoms with Crippen LogP contribution in [0.15, 0.2) is 12.1 Å². The molecule has 0 unspecified atom stereocenters. The van der Waals surface area contributed by atoms with Gasteiger partial charge in [0.25, 0.3) is 0 Å². The molecule has 0 aromatic carbocycles. The van der Waals surface area contributed by atoms with Gasteiger partial charge in [-0.15, -0.1) is 0 Å². The molecule has 0 saturated heterocycles. The standard InChI is InChI=1S/C19H23N5O3/c1-12-17(25)9-8-14(21-12)18-15(10-20)22-24(3)16(18)11-27-19(26)23(2)13-6-4-5-7-13/h8-9,13,25H,4-7,11H2,1-3H3. The number of hydrogen-bond donors (Lipinski definition) is 1. The fourth-order valence-electron chi connectivity index (χ4n) is 3.44. The Morgan fingerprint density at radius 3 is 2.78 bits per heavy atom. The monoisotopic (exact) mass is 369 g/mol. The number of carbonyl (C=O) groups excluding carboxylic acids is 1. The van der Waals surface area contributed by atoms with Gasteiger partial charge in [0.05, 0.1) is 22.6 Å². The highest BCUT2D eigenvalue weighted by Crippen LogP contribution is 2.29. The van der Waals surface area contributed by atoms with Crippen molar-refractivity contribution >= 4 is 6.09 Å². The van der Waals surface area contributed by atoms with Crippen molar-refractivity contribution in [2.75, 3.05) is 7.05 Å². The van der Waals surface area contributed by atoms with Crippen molar-refractivity contribution in [1.82, 2.24) is 19.7 Å². The predicted molar refractivity (Wildman–Crippen MR) is 97.8 cm³/mol. The van der Waals surface area contributed by atoms with Crippen molar-refractivity contribution in [3.63, 3.8) is 0 Å². The third kappa shape index (κ3) is 3.72. The molecule has 8 nitrogen and oxygen atoms in total. The van der Waals surface area contributed by atoms with Crippen molar-refractivity contribution in [2.24, 2.45) is 7.05 Å². The Morgan fingerprint density at radius 2 is 2.15 bits per heavy atom. The number of nitrogens with zero attached hydrogens (tertiary/aromatic N) is 5. The Bertz CT molecular complexity index is 893. The van der Waals surface area contributed by atoms with E-state index < -0.39 is 0 Å². The highest BCUT2D eigenvalue weighted by atomic mass is 16.6. The maximum Gasteiger partial charge on any atom is 0.410 e. The number of pyridine rings is 1. The summed E-state index contributed by atoms with van der Waals surface area (Å²) in [4.78, 5) is 18.4. The molecule has 1 amide bonds. The zero-order chi connectivity index (χ0) is 19.6. The van der Waals surface area contributed by atoms with E-state index in [0.717, 1.165) is 25.7 Å². The van der Waals surface area contributed by atoms with Crippen LogP contribution in [0.1, 0.15) is 42.8 Å². The number of rotatable bonds is 4. The topological polar surface area (TPSA) is 104 Å². The second kappa shape index (κ2) is 7.66. The van der Waals surface area contributed by atoms with E-state index in [1.54, 1.807) is 32.0 Å². The number of amides is 1. The van der Waals surface area contributed by atoms with Crippen LogP contribution in [-0.2, 0) is 18.4 Å². The zero-order valence-corrected chi connectivity index (χ0v) is 15.8. The maximum atomic E-state index is 12.4. The summed E-state index contributed by atoms with van der Waals surface area (Å²) in [6.07, 6.45) is 3.87. The van der Waals surface area contributed by atoms with Crippen molar-refractivity contribution in [3.8, 4) is 23.1 Å². The van der Waals surface area contributed by atoms with E-state index in [4.69, 9.17) is 4.74 Å². The lowest BCUT2D eigenvalue weighted by Gasteiger charge is -2.23. The molecule has 142 valence electrons. The minimum absolute atomic E-state index is 0.0159. The molecule has 3 rings (SSSR count). The Morgan fingerprint density at radius 1 is 1.44 bits per heavy atom. The van der Waals surface area contributed by atoms with E-state index in [2.05, 4.69) is 16.2 Å². The Kier molecular flexibility index (Phi) is 5.31. The number of nitriles is 1. The Hall–Kier alpha value is -3.08. The molecule has 2 heterocycles. The van der Waals surface area contributed by atoms with Gasteiger partial charge in [-0.2, -0.15) is 10.4 Å². The summed E-state index contributed by atoms with van der Waals surface area (Å²) in [5, 5.41) is 23.3. The highest BCUT2D eigenvalue weighted by molar-refractivity contribution is 5.70. The first-order valence-corrected chi connectivity index (χ1v) is 8.95. The molecule has 1 aliphatic rings. The zero-order valence-electron chi connectivity index (χ0n) is 15.8. The van der Waals surface area contributed by atoms with Gasteiger partial charge in [0.2, 0.25) is 0 Å². The molecule has 8 heteroatoms. The molecular formula is C19H23N5O3. The average molecular weight is 369 g/mol. The van der Waals surface area contributed by atoms with Gasteiger partial charge in [-0.1, -0.05) is 12.8 Å². The second-order valence-electron chi connectivity index (χ2n) is 6.81. The van der Waals surface area contributed by atoms with Crippen LogP contribution in [0.2, 0.25) is 0 Å². The van der Waals surface area contributed by atoms with E-state index in [1.807, 2.05) is 0 Å². The van der Waals surface area contributed by atoms with Crippen LogP contribution in [-0.4, -0.2) is 44.0 Å². The lowest BCUT2D eigenvalue weighted by atomic mass is 10.1. The molecule has 0 atom stereocenters. The number of hydrogen-bond acceptors (Lipinski definition) is 6. The molecule has 1 saturated carbocycles. The lowest BCUT2D eigenvalue weighted by molar-refractivity contribution is 0.0899. The van der Waals surface area contributed by atoms with Crippen LogP contribution in [0.5, 0.6) is 5.75 Å². The predicted octanol–water partition coefficient (Wildman–Crippen LogP) is 2.88. The maximum absolute atomic E-state index is 12.4. The van der Waals surface area contributed by atoms with Gasteiger partial charge in [0, 0.05) is 20.1 Å². The van der Waals surface area contributed by atoms with E-state index in [9.17, 15) is 15.2 Å². The van der Waals surface area contributed by atoms with Crippen LogP contribution >= 0.6 is 0 Å². The smallest absolute Gasteiger partial charge is 0.410 e. The number of ether oxygens (including phenoxy) is 1. The fraction of sp³-hybridized carbons (Fsp3) is 0.474. The molecule has 0 radical (unpaired) electrons. The van der Waals surface area contributed by atoms with Crippen LogP contribution in [0.4, 0.5) is 4.79 Å². The summed E-state index contributed by atoms with van der Waals surface area (Å²) >= 11 is 0. The SMILES string of the molecule is Cc1nc(-c2c(C#N)nn(C)c2COC(=O)N(C)C2CCCC2)ccc1O. The van der Waals surface area contributed by atoms with Gasteiger partial charge in [-0.3, -0.25) is 4.68 Å². The normalized spacial score (nSPS) is 14.1. The number of aryl methyl sites for hydroxylation is 2. The minimum atomic E-state index is -0.387. The molecule has 27 heavy (non-hydrogen) atoms. The molecule has 0 aliphatic heterocycles. The summed E-state index contributed by atoms with van der Waals surface area (Å²) in [6.45, 7) is 1.66. The van der Waals surface area contributed by atoms with Crippen molar-refractivity contribution in [1.29, 1.82) is 5.26 Å². The average Bonchev–Trinajstić information content (AvgIpc) is 3.29. The summed E-state index contributed by atoms with van der Waals surface area (Å²) < 4.78 is 7.03. The molecule has 1 fully saturated rings. The van der Waals surface area contributed by atoms with Crippen molar-refractivity contribution in [2.45, 2.75) is 45.3 Å². The number of aromatic nitrogens is 3. The van der Waals surface area contributed by atoms with Crippen LogP contribution in [0, 0.1) is 18.3 Å². The Labute approximate surface area is 158 Å². The van der Waals surface area contributed by atoms with Gasteiger partial charge >= 0.3 is 6.09 Å². The van der Waals surface area contributed by atoms with Gasteiger partial charge in [-0.05, 0) is 31.9 Å². The van der Waals surface area contributed by atoms with E-state index in [-0.39, 0.29) is 30.2 Å². The van der Waals surface area contributed by atoms with Gasteiger partial charge in [0.1, 0.15) is 18.4 Å². The van der Waals surface area contributed by atoms with E-state index in [1.165, 1.54) is 10.7 Å². The Balaban J connectivity index is 1.85. The summed E-state index contributed by atoms with van der Waals surface area (Å²) in [5.41, 5.74) is 2.25. The highest BCUT2D eigenvalue weighted by Gasteiger charge is 2.26. The molecule has 2 aromatic heterocycles. The summed E-state index contributed by atoms with van der Waals surface area (Å²) in [5.74, 6) is 0.0762. The minimum Gasteiger partial charge on any atom is -0.506 e. The quantitative estimate of drug-likeness (QED) is 0.888. The number of carbonyl (C=O) groups is 1. The van der Waals surface area contributed by atoms with E-state index in [0.29, 0.717) is 22.6 Å². The van der Waals surface area contributed by atoms with Crippen LogP contribution in [0.3, 0.4) is 0 Å². The van der Waals surface area contributed by atoms with Crippen molar-refractivity contribution < 1.29 is 14.6 Å². The molecular weight excluding hydrogens is 346 g/mol.